The van der Waals surface area contributed by atoms with Crippen molar-refractivity contribution in [2.75, 3.05) is 6.54 Å². The Hall–Kier alpha value is -0.930. The van der Waals surface area contributed by atoms with Gasteiger partial charge in [0.05, 0.1) is 16.1 Å². The summed E-state index contributed by atoms with van der Waals surface area (Å²) in [7, 11) is 0. The lowest BCUT2D eigenvalue weighted by Gasteiger charge is -2.10. The van der Waals surface area contributed by atoms with Crippen LogP contribution < -0.4 is 0 Å². The number of benzene rings is 1. The molecule has 0 aliphatic rings. The predicted molar refractivity (Wildman–Crippen MR) is 64.7 cm³/mol. The lowest BCUT2D eigenvalue weighted by atomic mass is 10.1. The normalized spacial score (nSPS) is 11.9. The van der Waals surface area contributed by atoms with Gasteiger partial charge in [0, 0.05) is 11.5 Å². The molecular formula is C10H11Cl2N3O. The first-order chi connectivity index (χ1) is 7.65. The zero-order chi connectivity index (χ0) is 12.0. The van der Waals surface area contributed by atoms with Gasteiger partial charge in [-0.25, -0.2) is 0 Å². The van der Waals surface area contributed by atoms with E-state index in [2.05, 4.69) is 10.0 Å². The lowest BCUT2D eigenvalue weighted by molar-refractivity contribution is 0.165. The second-order valence-corrected chi connectivity index (χ2v) is 4.10. The molecule has 1 aromatic carbocycles. The Morgan fingerprint density at radius 3 is 2.75 bits per heavy atom. The summed E-state index contributed by atoms with van der Waals surface area (Å²) in [6, 6.07) is 5.02. The third-order valence-corrected chi connectivity index (χ3v) is 2.87. The molecule has 1 aromatic rings. The highest BCUT2D eigenvalue weighted by molar-refractivity contribution is 6.42. The first-order valence-electron chi connectivity index (χ1n) is 4.79. The first-order valence-corrected chi connectivity index (χ1v) is 5.54. The molecule has 6 heteroatoms. The molecule has 4 nitrogen and oxygen atoms in total. The van der Waals surface area contributed by atoms with E-state index in [1.807, 2.05) is 0 Å². The van der Waals surface area contributed by atoms with Crippen molar-refractivity contribution in [1.29, 1.82) is 0 Å². The maximum Gasteiger partial charge on any atom is 0.0790 e. The van der Waals surface area contributed by atoms with Crippen LogP contribution in [0.15, 0.2) is 23.3 Å². The maximum absolute atomic E-state index is 9.80. The fourth-order valence-corrected chi connectivity index (χ4v) is 1.59. The Balaban J connectivity index is 2.55. The monoisotopic (exact) mass is 259 g/mol. The standard InChI is InChI=1S/C10H11Cl2N3O/c11-8-4-3-7(6-9(8)12)10(16)2-1-5-14-15-13/h3-4,6,10,16H,1-2,5H2. The molecule has 0 aliphatic carbocycles. The van der Waals surface area contributed by atoms with Gasteiger partial charge in [0.2, 0.25) is 0 Å². The fourth-order valence-electron chi connectivity index (χ4n) is 1.29. The van der Waals surface area contributed by atoms with E-state index >= 15 is 0 Å². The molecule has 0 aliphatic heterocycles. The molecule has 0 spiro atoms. The molecule has 0 bridgehead atoms. The number of aliphatic hydroxyl groups is 1. The summed E-state index contributed by atoms with van der Waals surface area (Å²) >= 11 is 11.6. The second-order valence-electron chi connectivity index (χ2n) is 3.29. The Labute approximate surface area is 103 Å². The van der Waals surface area contributed by atoms with Crippen LogP contribution in [-0.2, 0) is 0 Å². The number of aliphatic hydroxyl groups excluding tert-OH is 1. The third kappa shape index (κ3) is 3.91. The van der Waals surface area contributed by atoms with Crippen molar-refractivity contribution >= 4 is 23.2 Å². The zero-order valence-corrected chi connectivity index (χ0v) is 9.99. The number of hydrogen-bond acceptors (Lipinski definition) is 2. The highest BCUT2D eigenvalue weighted by Crippen LogP contribution is 2.27. The SMILES string of the molecule is [N-]=[N+]=NCCCC(O)c1ccc(Cl)c(Cl)c1. The molecule has 16 heavy (non-hydrogen) atoms. The number of azide groups is 1. The molecule has 0 amide bonds. The van der Waals surface area contributed by atoms with Crippen LogP contribution in [0.25, 0.3) is 10.4 Å². The number of hydrogen-bond donors (Lipinski definition) is 1. The van der Waals surface area contributed by atoms with Gasteiger partial charge >= 0.3 is 0 Å². The number of halogens is 2. The summed E-state index contributed by atoms with van der Waals surface area (Å²) in [5.74, 6) is 0. The van der Waals surface area contributed by atoms with E-state index in [4.69, 9.17) is 28.7 Å². The average molecular weight is 260 g/mol. The predicted octanol–water partition coefficient (Wildman–Crippen LogP) is 4.12. The van der Waals surface area contributed by atoms with E-state index in [1.165, 1.54) is 0 Å². The highest BCUT2D eigenvalue weighted by Gasteiger charge is 2.08. The summed E-state index contributed by atoms with van der Waals surface area (Å²) in [5, 5.41) is 14.1. The van der Waals surface area contributed by atoms with Crippen molar-refractivity contribution in [3.63, 3.8) is 0 Å². The molecule has 1 N–H and O–H groups in total. The van der Waals surface area contributed by atoms with Gasteiger partial charge in [0.1, 0.15) is 0 Å². The van der Waals surface area contributed by atoms with Crippen LogP contribution in [-0.4, -0.2) is 11.7 Å². The molecule has 1 rings (SSSR count). The smallest absolute Gasteiger partial charge is 0.0790 e. The van der Waals surface area contributed by atoms with Crippen LogP contribution in [0.1, 0.15) is 24.5 Å². The minimum atomic E-state index is -0.608. The molecule has 0 radical (unpaired) electrons. The molecule has 1 atom stereocenters. The van der Waals surface area contributed by atoms with E-state index in [1.54, 1.807) is 18.2 Å². The summed E-state index contributed by atoms with van der Waals surface area (Å²) < 4.78 is 0. The van der Waals surface area contributed by atoms with Crippen LogP contribution in [0.4, 0.5) is 0 Å². The van der Waals surface area contributed by atoms with Crippen molar-refractivity contribution < 1.29 is 5.11 Å². The topological polar surface area (TPSA) is 69.0 Å². The van der Waals surface area contributed by atoms with Crippen LogP contribution in [0.3, 0.4) is 0 Å². The van der Waals surface area contributed by atoms with Gasteiger partial charge in [-0.1, -0.05) is 34.4 Å². The summed E-state index contributed by atoms with van der Waals surface area (Å²) in [5.41, 5.74) is 8.80. The van der Waals surface area contributed by atoms with Gasteiger partial charge < -0.3 is 5.11 Å². The van der Waals surface area contributed by atoms with E-state index in [0.717, 1.165) is 5.56 Å². The number of rotatable bonds is 5. The highest BCUT2D eigenvalue weighted by atomic mass is 35.5. The quantitative estimate of drug-likeness (QED) is 0.368. The van der Waals surface area contributed by atoms with Gasteiger partial charge in [-0.2, -0.15) is 0 Å². The molecular weight excluding hydrogens is 249 g/mol. The Morgan fingerprint density at radius 1 is 1.38 bits per heavy atom. The van der Waals surface area contributed by atoms with Crippen LogP contribution in [0.2, 0.25) is 10.0 Å². The Kier molecular flexibility index (Phi) is 5.43. The van der Waals surface area contributed by atoms with Crippen LogP contribution >= 0.6 is 23.2 Å². The Morgan fingerprint density at radius 2 is 2.12 bits per heavy atom. The first kappa shape index (κ1) is 13.1. The molecule has 0 saturated carbocycles. The summed E-state index contributed by atoms with van der Waals surface area (Å²) in [4.78, 5) is 2.64. The van der Waals surface area contributed by atoms with Gasteiger partial charge in [-0.05, 0) is 36.1 Å². The van der Waals surface area contributed by atoms with Gasteiger partial charge in [-0.3, -0.25) is 0 Å². The van der Waals surface area contributed by atoms with E-state index in [0.29, 0.717) is 29.4 Å². The van der Waals surface area contributed by atoms with Crippen LogP contribution in [0.5, 0.6) is 0 Å². The van der Waals surface area contributed by atoms with Gasteiger partial charge in [-0.15, -0.1) is 0 Å². The molecule has 0 aromatic heterocycles. The van der Waals surface area contributed by atoms with Crippen molar-refractivity contribution in [2.45, 2.75) is 18.9 Å². The molecule has 86 valence electrons. The largest absolute Gasteiger partial charge is 0.388 e. The minimum Gasteiger partial charge on any atom is -0.388 e. The minimum absolute atomic E-state index is 0.384. The molecule has 0 fully saturated rings. The fraction of sp³-hybridized carbons (Fsp3) is 0.400. The Bertz CT molecular complexity index is 405. The van der Waals surface area contributed by atoms with Crippen molar-refractivity contribution in [1.82, 2.24) is 0 Å². The maximum atomic E-state index is 9.80. The van der Waals surface area contributed by atoms with Gasteiger partial charge in [0.25, 0.3) is 0 Å². The zero-order valence-electron chi connectivity index (χ0n) is 8.48. The summed E-state index contributed by atoms with van der Waals surface area (Å²) in [6.45, 7) is 0.384. The lowest BCUT2D eigenvalue weighted by Crippen LogP contribution is -1.98. The van der Waals surface area contributed by atoms with Crippen LogP contribution in [0, 0.1) is 0 Å². The van der Waals surface area contributed by atoms with E-state index < -0.39 is 6.10 Å². The van der Waals surface area contributed by atoms with E-state index in [9.17, 15) is 5.11 Å². The third-order valence-electron chi connectivity index (χ3n) is 2.13. The molecule has 0 saturated heterocycles. The average Bonchev–Trinajstić information content (AvgIpc) is 2.28. The van der Waals surface area contributed by atoms with Crippen molar-refractivity contribution in [2.24, 2.45) is 5.11 Å². The van der Waals surface area contributed by atoms with E-state index in [-0.39, 0.29) is 0 Å². The number of nitrogens with zero attached hydrogens (tertiary/aromatic N) is 3. The van der Waals surface area contributed by atoms with Gasteiger partial charge in [0.15, 0.2) is 0 Å². The summed E-state index contributed by atoms with van der Waals surface area (Å²) in [6.07, 6.45) is 0.547. The van der Waals surface area contributed by atoms with Crippen molar-refractivity contribution in [3.05, 3.63) is 44.3 Å². The second kappa shape index (κ2) is 6.61. The molecule has 0 heterocycles. The van der Waals surface area contributed by atoms with Crippen molar-refractivity contribution in [3.8, 4) is 0 Å². The molecule has 1 unspecified atom stereocenters.